The number of carbonyl (C=O) groups excluding carboxylic acids is 1. The number of aromatic amines is 2. The predicted molar refractivity (Wildman–Crippen MR) is 92.5 cm³/mol. The molecule has 0 saturated heterocycles. The summed E-state index contributed by atoms with van der Waals surface area (Å²) in [7, 11) is 2.04. The van der Waals surface area contributed by atoms with Crippen molar-refractivity contribution in [3.05, 3.63) is 42.1 Å². The van der Waals surface area contributed by atoms with Crippen molar-refractivity contribution in [3.63, 3.8) is 0 Å². The number of likely N-dealkylation sites (N-methyl/N-ethyl adjacent to an activating group) is 1. The van der Waals surface area contributed by atoms with E-state index in [0.29, 0.717) is 17.2 Å². The molecular weight excluding hydrogens is 304 g/mol. The van der Waals surface area contributed by atoms with Crippen LogP contribution in [-0.2, 0) is 4.79 Å². The Balaban J connectivity index is 1.59. The van der Waals surface area contributed by atoms with Gasteiger partial charge < -0.3 is 15.2 Å². The minimum atomic E-state index is -0.0816. The monoisotopic (exact) mass is 322 g/mol. The van der Waals surface area contributed by atoms with Crippen molar-refractivity contribution in [1.82, 2.24) is 25.1 Å². The van der Waals surface area contributed by atoms with Crippen LogP contribution in [0.3, 0.4) is 0 Å². The van der Waals surface area contributed by atoms with Crippen LogP contribution in [0.5, 0.6) is 0 Å². The van der Waals surface area contributed by atoms with E-state index in [0.717, 1.165) is 36.1 Å². The van der Waals surface area contributed by atoms with Crippen molar-refractivity contribution < 1.29 is 4.79 Å². The normalized spacial score (nSPS) is 15.5. The van der Waals surface area contributed by atoms with Crippen LogP contribution in [0.2, 0.25) is 0 Å². The van der Waals surface area contributed by atoms with Gasteiger partial charge in [-0.2, -0.15) is 5.10 Å². The highest BCUT2D eigenvalue weighted by Crippen LogP contribution is 2.26. The molecule has 3 aromatic rings. The Morgan fingerprint density at radius 2 is 2.21 bits per heavy atom. The summed E-state index contributed by atoms with van der Waals surface area (Å²) in [5.74, 6) is 0.572. The van der Waals surface area contributed by atoms with Crippen molar-refractivity contribution in [3.8, 4) is 11.5 Å². The molecule has 3 heterocycles. The average molecular weight is 322 g/mol. The van der Waals surface area contributed by atoms with Gasteiger partial charge in [0.05, 0.1) is 22.9 Å². The highest BCUT2D eigenvalue weighted by molar-refractivity contribution is 6.05. The molecule has 0 saturated carbocycles. The van der Waals surface area contributed by atoms with Gasteiger partial charge in [-0.3, -0.25) is 9.89 Å². The molecule has 1 amide bonds. The Labute approximate surface area is 138 Å². The Bertz CT molecular complexity index is 889. The van der Waals surface area contributed by atoms with E-state index in [2.05, 4.69) is 30.4 Å². The summed E-state index contributed by atoms with van der Waals surface area (Å²) >= 11 is 0. The molecule has 0 spiro atoms. The number of benzene rings is 1. The summed E-state index contributed by atoms with van der Waals surface area (Å²) in [4.78, 5) is 22.4. The topological polar surface area (TPSA) is 89.7 Å². The van der Waals surface area contributed by atoms with Crippen LogP contribution >= 0.6 is 0 Å². The minimum absolute atomic E-state index is 0.0816. The van der Waals surface area contributed by atoms with Crippen LogP contribution in [0.25, 0.3) is 22.6 Å². The van der Waals surface area contributed by atoms with Gasteiger partial charge in [0.1, 0.15) is 5.69 Å². The maximum Gasteiger partial charge on any atom is 0.251 e. The first-order valence-electron chi connectivity index (χ1n) is 7.88. The number of fused-ring (bicyclic) bond motifs is 1. The summed E-state index contributed by atoms with van der Waals surface area (Å²) in [5.41, 5.74) is 3.92. The van der Waals surface area contributed by atoms with Crippen molar-refractivity contribution >= 4 is 22.6 Å². The lowest BCUT2D eigenvalue weighted by atomic mass is 10.1. The molecular formula is C17H18N6O. The second-order valence-corrected chi connectivity index (χ2v) is 5.96. The standard InChI is InChI=1S/C17H18N6O/c1-23-8-6-11(7-9-23)17(24)21-14-10-18-22-15(14)16-19-12-4-2-3-5-13(12)20-16/h2-6,10H,7-9H2,1H3,(H,18,22)(H,19,20)(H,21,24). The molecule has 1 aromatic carbocycles. The molecule has 0 unspecified atom stereocenters. The fraction of sp³-hybridized carbons (Fsp3) is 0.235. The highest BCUT2D eigenvalue weighted by Gasteiger charge is 2.18. The largest absolute Gasteiger partial charge is 0.337 e. The number of carbonyl (C=O) groups is 1. The molecule has 1 aliphatic rings. The molecule has 0 fully saturated rings. The summed E-state index contributed by atoms with van der Waals surface area (Å²) in [6.45, 7) is 1.69. The molecule has 0 aliphatic carbocycles. The molecule has 0 radical (unpaired) electrons. The maximum absolute atomic E-state index is 12.5. The summed E-state index contributed by atoms with van der Waals surface area (Å²) in [5, 5.41) is 9.90. The molecule has 7 nitrogen and oxygen atoms in total. The summed E-state index contributed by atoms with van der Waals surface area (Å²) in [6, 6.07) is 7.79. The third-order valence-electron chi connectivity index (χ3n) is 4.22. The number of anilines is 1. The van der Waals surface area contributed by atoms with Crippen molar-refractivity contribution in [2.45, 2.75) is 6.42 Å². The van der Waals surface area contributed by atoms with Crippen LogP contribution in [0.15, 0.2) is 42.1 Å². The first-order valence-corrected chi connectivity index (χ1v) is 7.88. The second-order valence-electron chi connectivity index (χ2n) is 5.96. The molecule has 1 aliphatic heterocycles. The van der Waals surface area contributed by atoms with Gasteiger partial charge in [0.15, 0.2) is 5.82 Å². The van der Waals surface area contributed by atoms with Crippen LogP contribution in [0.1, 0.15) is 6.42 Å². The maximum atomic E-state index is 12.5. The minimum Gasteiger partial charge on any atom is -0.337 e. The van der Waals surface area contributed by atoms with E-state index in [4.69, 9.17) is 0 Å². The van der Waals surface area contributed by atoms with Gasteiger partial charge in [-0.25, -0.2) is 4.98 Å². The van der Waals surface area contributed by atoms with Gasteiger partial charge in [0.25, 0.3) is 5.91 Å². The van der Waals surface area contributed by atoms with Crippen LogP contribution < -0.4 is 5.32 Å². The Kier molecular flexibility index (Phi) is 3.62. The third kappa shape index (κ3) is 2.69. The smallest absolute Gasteiger partial charge is 0.251 e. The fourth-order valence-corrected chi connectivity index (χ4v) is 2.81. The van der Waals surface area contributed by atoms with Gasteiger partial charge in [0.2, 0.25) is 0 Å². The molecule has 7 heteroatoms. The number of amides is 1. The number of imidazole rings is 1. The van der Waals surface area contributed by atoms with Crippen LogP contribution in [0, 0.1) is 0 Å². The Morgan fingerprint density at radius 3 is 3.00 bits per heavy atom. The van der Waals surface area contributed by atoms with E-state index in [1.165, 1.54) is 0 Å². The number of rotatable bonds is 3. The van der Waals surface area contributed by atoms with Gasteiger partial charge in [-0.15, -0.1) is 0 Å². The zero-order chi connectivity index (χ0) is 16.5. The average Bonchev–Trinajstić information content (AvgIpc) is 3.21. The van der Waals surface area contributed by atoms with Crippen LogP contribution in [0.4, 0.5) is 5.69 Å². The van der Waals surface area contributed by atoms with Crippen LogP contribution in [-0.4, -0.2) is 51.1 Å². The van der Waals surface area contributed by atoms with Crippen molar-refractivity contribution in [2.24, 2.45) is 0 Å². The molecule has 122 valence electrons. The lowest BCUT2D eigenvalue weighted by Gasteiger charge is -2.21. The van der Waals surface area contributed by atoms with E-state index < -0.39 is 0 Å². The van der Waals surface area contributed by atoms with Gasteiger partial charge in [0, 0.05) is 18.7 Å². The van der Waals surface area contributed by atoms with E-state index in [9.17, 15) is 4.79 Å². The number of hydrogen-bond acceptors (Lipinski definition) is 4. The lowest BCUT2D eigenvalue weighted by molar-refractivity contribution is -0.113. The fourth-order valence-electron chi connectivity index (χ4n) is 2.81. The number of nitrogens with one attached hydrogen (secondary N) is 3. The van der Waals surface area contributed by atoms with Gasteiger partial charge in [-0.1, -0.05) is 18.2 Å². The lowest BCUT2D eigenvalue weighted by Crippen LogP contribution is -2.28. The molecule has 0 bridgehead atoms. The van der Waals surface area contributed by atoms with E-state index in [1.54, 1.807) is 6.20 Å². The molecule has 24 heavy (non-hydrogen) atoms. The number of para-hydroxylation sites is 2. The highest BCUT2D eigenvalue weighted by atomic mass is 16.1. The SMILES string of the molecule is CN1CC=C(C(=O)Nc2cn[nH]c2-c2nc3ccccc3[nH]2)CC1. The van der Waals surface area contributed by atoms with E-state index >= 15 is 0 Å². The third-order valence-corrected chi connectivity index (χ3v) is 4.22. The number of aromatic nitrogens is 4. The molecule has 0 atom stereocenters. The first kappa shape index (κ1) is 14.6. The zero-order valence-corrected chi connectivity index (χ0v) is 13.3. The molecule has 4 rings (SSSR count). The predicted octanol–water partition coefficient (Wildman–Crippen LogP) is 2.15. The molecule has 3 N–H and O–H groups in total. The Hall–Kier alpha value is -2.93. The summed E-state index contributed by atoms with van der Waals surface area (Å²) in [6.07, 6.45) is 4.33. The van der Waals surface area contributed by atoms with Gasteiger partial charge >= 0.3 is 0 Å². The van der Waals surface area contributed by atoms with Crippen molar-refractivity contribution in [1.29, 1.82) is 0 Å². The van der Waals surface area contributed by atoms with E-state index in [-0.39, 0.29) is 5.91 Å². The number of nitrogens with zero attached hydrogens (tertiary/aromatic N) is 3. The first-order chi connectivity index (χ1) is 11.7. The molecule has 2 aromatic heterocycles. The van der Waals surface area contributed by atoms with Gasteiger partial charge in [-0.05, 0) is 25.6 Å². The van der Waals surface area contributed by atoms with Crippen molar-refractivity contribution in [2.75, 3.05) is 25.5 Å². The zero-order valence-electron chi connectivity index (χ0n) is 13.3. The number of hydrogen-bond donors (Lipinski definition) is 3. The Morgan fingerprint density at radius 1 is 1.33 bits per heavy atom. The number of H-pyrrole nitrogens is 2. The quantitative estimate of drug-likeness (QED) is 0.689. The van der Waals surface area contributed by atoms with E-state index in [1.807, 2.05) is 37.4 Å². The summed E-state index contributed by atoms with van der Waals surface area (Å²) < 4.78 is 0. The second kappa shape index (κ2) is 5.93.